The third-order valence-electron chi connectivity index (χ3n) is 2.70. The standard InChI is InChI=1S/C14H19N3O/c1-10(2)17(14(18)11(3)16)9-13-6-4-5-12(7-13)8-15/h4-7,10-11H,9,16H2,1-3H3. The number of rotatable bonds is 4. The van der Waals surface area contributed by atoms with Gasteiger partial charge in [0.1, 0.15) is 0 Å². The molecule has 1 rings (SSSR count). The molecule has 1 aromatic carbocycles. The van der Waals surface area contributed by atoms with Crippen LogP contribution in [0.25, 0.3) is 0 Å². The van der Waals surface area contributed by atoms with E-state index in [1.807, 2.05) is 26.0 Å². The first-order chi connectivity index (χ1) is 8.45. The molecule has 0 aliphatic carbocycles. The molecule has 0 heterocycles. The number of nitriles is 1. The van der Waals surface area contributed by atoms with Crippen LogP contribution in [0.2, 0.25) is 0 Å². The maximum Gasteiger partial charge on any atom is 0.239 e. The summed E-state index contributed by atoms with van der Waals surface area (Å²) in [5.74, 6) is -0.0765. The highest BCUT2D eigenvalue weighted by Crippen LogP contribution is 2.11. The summed E-state index contributed by atoms with van der Waals surface area (Å²) in [6, 6.07) is 8.94. The van der Waals surface area contributed by atoms with Gasteiger partial charge in [-0.05, 0) is 38.5 Å². The zero-order valence-corrected chi connectivity index (χ0v) is 11.1. The summed E-state index contributed by atoms with van der Waals surface area (Å²) in [5.41, 5.74) is 7.18. The lowest BCUT2D eigenvalue weighted by Gasteiger charge is -2.28. The molecular formula is C14H19N3O. The Morgan fingerprint density at radius 3 is 2.61 bits per heavy atom. The van der Waals surface area contributed by atoms with Crippen molar-refractivity contribution in [3.05, 3.63) is 35.4 Å². The van der Waals surface area contributed by atoms with E-state index in [1.165, 1.54) is 0 Å². The molecule has 0 saturated carbocycles. The van der Waals surface area contributed by atoms with E-state index in [0.29, 0.717) is 12.1 Å². The Balaban J connectivity index is 2.90. The van der Waals surface area contributed by atoms with Crippen molar-refractivity contribution in [1.82, 2.24) is 4.90 Å². The molecule has 0 fully saturated rings. The fourth-order valence-electron chi connectivity index (χ4n) is 1.71. The highest BCUT2D eigenvalue weighted by Gasteiger charge is 2.20. The average molecular weight is 245 g/mol. The molecule has 0 spiro atoms. The van der Waals surface area contributed by atoms with Gasteiger partial charge in [-0.25, -0.2) is 0 Å². The van der Waals surface area contributed by atoms with Crippen molar-refractivity contribution >= 4 is 5.91 Å². The zero-order valence-electron chi connectivity index (χ0n) is 11.1. The first-order valence-electron chi connectivity index (χ1n) is 6.00. The summed E-state index contributed by atoms with van der Waals surface area (Å²) >= 11 is 0. The second kappa shape index (κ2) is 6.18. The maximum absolute atomic E-state index is 12.0. The van der Waals surface area contributed by atoms with E-state index in [9.17, 15) is 4.79 Å². The molecule has 0 radical (unpaired) electrons. The fourth-order valence-corrected chi connectivity index (χ4v) is 1.71. The highest BCUT2D eigenvalue weighted by molar-refractivity contribution is 5.81. The smallest absolute Gasteiger partial charge is 0.239 e. The van der Waals surface area contributed by atoms with Crippen molar-refractivity contribution in [3.63, 3.8) is 0 Å². The molecular weight excluding hydrogens is 226 g/mol. The van der Waals surface area contributed by atoms with Gasteiger partial charge in [0, 0.05) is 12.6 Å². The Labute approximate surface area is 108 Å². The maximum atomic E-state index is 12.0. The zero-order chi connectivity index (χ0) is 13.7. The fraction of sp³-hybridized carbons (Fsp3) is 0.429. The topological polar surface area (TPSA) is 70.1 Å². The molecule has 0 aliphatic heterocycles. The predicted octanol–water partition coefficient (Wildman–Crippen LogP) is 1.64. The van der Waals surface area contributed by atoms with Crippen molar-refractivity contribution in [2.45, 2.75) is 39.4 Å². The minimum absolute atomic E-state index is 0.0765. The first-order valence-corrected chi connectivity index (χ1v) is 6.00. The summed E-state index contributed by atoms with van der Waals surface area (Å²) in [4.78, 5) is 13.7. The summed E-state index contributed by atoms with van der Waals surface area (Å²) in [6.45, 7) is 6.07. The monoisotopic (exact) mass is 245 g/mol. The molecule has 2 N–H and O–H groups in total. The van der Waals surface area contributed by atoms with Crippen LogP contribution < -0.4 is 5.73 Å². The number of carbonyl (C=O) groups is 1. The molecule has 1 unspecified atom stereocenters. The number of amides is 1. The van der Waals surface area contributed by atoms with Crippen LogP contribution in [0, 0.1) is 11.3 Å². The van der Waals surface area contributed by atoms with Gasteiger partial charge in [-0.3, -0.25) is 4.79 Å². The summed E-state index contributed by atoms with van der Waals surface area (Å²) < 4.78 is 0. The molecule has 96 valence electrons. The van der Waals surface area contributed by atoms with Crippen LogP contribution in [-0.4, -0.2) is 22.9 Å². The number of carbonyl (C=O) groups excluding carboxylic acids is 1. The molecule has 1 aromatic rings. The molecule has 1 amide bonds. The molecule has 18 heavy (non-hydrogen) atoms. The van der Waals surface area contributed by atoms with Gasteiger partial charge in [-0.15, -0.1) is 0 Å². The van der Waals surface area contributed by atoms with E-state index < -0.39 is 6.04 Å². The molecule has 4 nitrogen and oxygen atoms in total. The third-order valence-corrected chi connectivity index (χ3v) is 2.70. The lowest BCUT2D eigenvalue weighted by atomic mass is 10.1. The molecule has 1 atom stereocenters. The molecule has 0 aliphatic rings. The van der Waals surface area contributed by atoms with E-state index in [-0.39, 0.29) is 11.9 Å². The lowest BCUT2D eigenvalue weighted by molar-refractivity contribution is -0.134. The van der Waals surface area contributed by atoms with Gasteiger partial charge in [-0.1, -0.05) is 12.1 Å². The number of nitrogens with zero attached hydrogens (tertiary/aromatic N) is 2. The minimum atomic E-state index is -0.508. The van der Waals surface area contributed by atoms with Crippen molar-refractivity contribution in [1.29, 1.82) is 5.26 Å². The Morgan fingerprint density at radius 2 is 2.11 bits per heavy atom. The molecule has 0 saturated heterocycles. The van der Waals surface area contributed by atoms with E-state index >= 15 is 0 Å². The summed E-state index contributed by atoms with van der Waals surface area (Å²) in [7, 11) is 0. The van der Waals surface area contributed by atoms with Crippen LogP contribution >= 0.6 is 0 Å². The van der Waals surface area contributed by atoms with E-state index in [2.05, 4.69) is 6.07 Å². The normalized spacial score (nSPS) is 12.0. The summed E-state index contributed by atoms with van der Waals surface area (Å²) in [6.07, 6.45) is 0. The second-order valence-corrected chi connectivity index (χ2v) is 4.66. The molecule has 0 aromatic heterocycles. The van der Waals surface area contributed by atoms with Gasteiger partial charge < -0.3 is 10.6 Å². The van der Waals surface area contributed by atoms with E-state index in [1.54, 1.807) is 24.0 Å². The average Bonchev–Trinajstić information content (AvgIpc) is 2.35. The van der Waals surface area contributed by atoms with E-state index in [0.717, 1.165) is 5.56 Å². The summed E-state index contributed by atoms with van der Waals surface area (Å²) in [5, 5.41) is 8.85. The van der Waals surface area contributed by atoms with Gasteiger partial charge in [0.25, 0.3) is 0 Å². The van der Waals surface area contributed by atoms with Crippen molar-refractivity contribution in [2.24, 2.45) is 5.73 Å². The number of hydrogen-bond donors (Lipinski definition) is 1. The molecule has 0 bridgehead atoms. The Kier molecular flexibility index (Phi) is 4.87. The van der Waals surface area contributed by atoms with Gasteiger partial charge in [0.15, 0.2) is 0 Å². The largest absolute Gasteiger partial charge is 0.335 e. The van der Waals surface area contributed by atoms with Gasteiger partial charge in [-0.2, -0.15) is 5.26 Å². The Bertz CT molecular complexity index is 460. The van der Waals surface area contributed by atoms with Crippen LogP contribution in [0.1, 0.15) is 31.9 Å². The van der Waals surface area contributed by atoms with Gasteiger partial charge >= 0.3 is 0 Å². The number of benzene rings is 1. The van der Waals surface area contributed by atoms with Crippen LogP contribution in [0.5, 0.6) is 0 Å². The van der Waals surface area contributed by atoms with E-state index in [4.69, 9.17) is 11.0 Å². The minimum Gasteiger partial charge on any atom is -0.335 e. The SMILES string of the molecule is CC(N)C(=O)N(Cc1cccc(C#N)c1)C(C)C. The van der Waals surface area contributed by atoms with Crippen LogP contribution in [0.4, 0.5) is 0 Å². The van der Waals surface area contributed by atoms with Crippen LogP contribution in [0.15, 0.2) is 24.3 Å². The number of nitrogens with two attached hydrogens (primary N) is 1. The Morgan fingerprint density at radius 1 is 1.44 bits per heavy atom. The Hall–Kier alpha value is -1.86. The highest BCUT2D eigenvalue weighted by atomic mass is 16.2. The quantitative estimate of drug-likeness (QED) is 0.876. The molecule has 4 heteroatoms. The van der Waals surface area contributed by atoms with Crippen molar-refractivity contribution in [3.8, 4) is 6.07 Å². The predicted molar refractivity (Wildman–Crippen MR) is 70.5 cm³/mol. The third kappa shape index (κ3) is 3.57. The van der Waals surface area contributed by atoms with Gasteiger partial charge in [0.05, 0.1) is 17.7 Å². The van der Waals surface area contributed by atoms with Crippen LogP contribution in [-0.2, 0) is 11.3 Å². The van der Waals surface area contributed by atoms with Crippen molar-refractivity contribution in [2.75, 3.05) is 0 Å². The van der Waals surface area contributed by atoms with Crippen LogP contribution in [0.3, 0.4) is 0 Å². The van der Waals surface area contributed by atoms with Crippen molar-refractivity contribution < 1.29 is 4.79 Å². The first kappa shape index (κ1) is 14.2. The lowest BCUT2D eigenvalue weighted by Crippen LogP contribution is -2.45. The van der Waals surface area contributed by atoms with Gasteiger partial charge in [0.2, 0.25) is 5.91 Å². The second-order valence-electron chi connectivity index (χ2n) is 4.66. The number of hydrogen-bond acceptors (Lipinski definition) is 3.